The molecule has 4 heteroatoms. The van der Waals surface area contributed by atoms with Crippen LogP contribution in [0.1, 0.15) is 24.2 Å². The number of aliphatic hydroxyl groups is 1. The van der Waals surface area contributed by atoms with Crippen molar-refractivity contribution in [2.45, 2.75) is 19.6 Å². The molecule has 0 aliphatic heterocycles. The number of rotatable bonds is 5. The van der Waals surface area contributed by atoms with Gasteiger partial charge >= 0.3 is 0 Å². The monoisotopic (exact) mass is 276 g/mol. The summed E-state index contributed by atoms with van der Waals surface area (Å²) in [6.07, 6.45) is -0.803. The number of halogens is 1. The van der Waals surface area contributed by atoms with E-state index in [-0.39, 0.29) is 0 Å². The van der Waals surface area contributed by atoms with Crippen LogP contribution in [0.15, 0.2) is 42.5 Å². The van der Waals surface area contributed by atoms with E-state index in [0.717, 1.165) is 5.56 Å². The lowest BCUT2D eigenvalue weighted by Gasteiger charge is -2.14. The third kappa shape index (κ3) is 3.56. The van der Waals surface area contributed by atoms with Gasteiger partial charge in [0, 0.05) is 12.7 Å². The summed E-state index contributed by atoms with van der Waals surface area (Å²) in [6, 6.07) is 11.5. The van der Waals surface area contributed by atoms with Crippen molar-refractivity contribution in [2.75, 3.05) is 7.11 Å². The van der Waals surface area contributed by atoms with Crippen molar-refractivity contribution >= 4 is 0 Å². The molecule has 20 heavy (non-hydrogen) atoms. The lowest BCUT2D eigenvalue weighted by molar-refractivity contribution is 0.184. The quantitative estimate of drug-likeness (QED) is 0.902. The fraction of sp³-hybridized carbons (Fsp3) is 0.250. The maximum atomic E-state index is 13.2. The first kappa shape index (κ1) is 14.5. The van der Waals surface area contributed by atoms with Gasteiger partial charge in [-0.15, -0.1) is 0 Å². The predicted octanol–water partition coefficient (Wildman–Crippen LogP) is 3.82. The standard InChI is InChI=1S/C16H17FO3/c1-11(18)15-9-13(17)6-7-16(15)20-14-5-3-4-12(8-14)10-19-2/h3-9,11,18H,10H2,1-2H3/t11-/m0/s1. The number of aliphatic hydroxyl groups excluding tert-OH is 1. The number of ether oxygens (including phenoxy) is 2. The zero-order chi connectivity index (χ0) is 14.5. The van der Waals surface area contributed by atoms with Crippen LogP contribution in [0.25, 0.3) is 0 Å². The molecule has 0 bridgehead atoms. The van der Waals surface area contributed by atoms with E-state index >= 15 is 0 Å². The van der Waals surface area contributed by atoms with Gasteiger partial charge in [0.05, 0.1) is 12.7 Å². The van der Waals surface area contributed by atoms with Gasteiger partial charge in [-0.3, -0.25) is 0 Å². The fourth-order valence-electron chi connectivity index (χ4n) is 1.93. The summed E-state index contributed by atoms with van der Waals surface area (Å²) in [5.41, 5.74) is 1.40. The molecule has 0 aromatic heterocycles. The van der Waals surface area contributed by atoms with Gasteiger partial charge in [0.15, 0.2) is 0 Å². The fourth-order valence-corrected chi connectivity index (χ4v) is 1.93. The first-order chi connectivity index (χ1) is 9.60. The van der Waals surface area contributed by atoms with Crippen molar-refractivity contribution in [1.82, 2.24) is 0 Å². The van der Waals surface area contributed by atoms with Crippen LogP contribution in [-0.4, -0.2) is 12.2 Å². The first-order valence-corrected chi connectivity index (χ1v) is 6.33. The van der Waals surface area contributed by atoms with Crippen LogP contribution in [-0.2, 0) is 11.3 Å². The molecule has 3 nitrogen and oxygen atoms in total. The second-order valence-electron chi connectivity index (χ2n) is 4.54. The average Bonchev–Trinajstić information content (AvgIpc) is 2.41. The molecule has 0 spiro atoms. The summed E-state index contributed by atoms with van der Waals surface area (Å²) in [5, 5.41) is 9.68. The minimum atomic E-state index is -0.803. The van der Waals surface area contributed by atoms with Crippen LogP contribution in [0.4, 0.5) is 4.39 Å². The maximum absolute atomic E-state index is 13.2. The van der Waals surface area contributed by atoms with Crippen LogP contribution in [0.2, 0.25) is 0 Å². The summed E-state index contributed by atoms with van der Waals surface area (Å²) in [5.74, 6) is 0.658. The molecular formula is C16H17FO3. The Morgan fingerprint density at radius 2 is 2.00 bits per heavy atom. The van der Waals surface area contributed by atoms with Gasteiger partial charge in [0.2, 0.25) is 0 Å². The van der Waals surface area contributed by atoms with E-state index in [0.29, 0.717) is 23.7 Å². The molecule has 2 aromatic rings. The third-order valence-electron chi connectivity index (χ3n) is 2.86. The highest BCUT2D eigenvalue weighted by Gasteiger charge is 2.11. The smallest absolute Gasteiger partial charge is 0.133 e. The van der Waals surface area contributed by atoms with Gasteiger partial charge in [-0.2, -0.15) is 0 Å². The molecule has 0 saturated carbocycles. The zero-order valence-corrected chi connectivity index (χ0v) is 11.5. The molecule has 0 unspecified atom stereocenters. The third-order valence-corrected chi connectivity index (χ3v) is 2.86. The zero-order valence-electron chi connectivity index (χ0n) is 11.5. The Labute approximate surface area is 117 Å². The largest absolute Gasteiger partial charge is 0.457 e. The molecule has 0 heterocycles. The Morgan fingerprint density at radius 3 is 2.70 bits per heavy atom. The van der Waals surface area contributed by atoms with Crippen molar-refractivity contribution in [3.63, 3.8) is 0 Å². The van der Waals surface area contributed by atoms with Crippen LogP contribution >= 0.6 is 0 Å². The summed E-state index contributed by atoms with van der Waals surface area (Å²) >= 11 is 0. The molecule has 2 aromatic carbocycles. The lowest BCUT2D eigenvalue weighted by atomic mass is 10.1. The summed E-state index contributed by atoms with van der Waals surface area (Å²) in [4.78, 5) is 0. The van der Waals surface area contributed by atoms with E-state index in [2.05, 4.69) is 0 Å². The molecule has 0 radical (unpaired) electrons. The van der Waals surface area contributed by atoms with E-state index in [9.17, 15) is 9.50 Å². The van der Waals surface area contributed by atoms with Crippen LogP contribution in [0, 0.1) is 5.82 Å². The van der Waals surface area contributed by atoms with Crippen molar-refractivity contribution in [3.05, 3.63) is 59.4 Å². The summed E-state index contributed by atoms with van der Waals surface area (Å²) in [7, 11) is 1.62. The topological polar surface area (TPSA) is 38.7 Å². The molecule has 2 rings (SSSR count). The number of hydrogen-bond acceptors (Lipinski definition) is 3. The summed E-state index contributed by atoms with van der Waals surface area (Å²) < 4.78 is 24.0. The van der Waals surface area contributed by atoms with Gasteiger partial charge in [0.25, 0.3) is 0 Å². The highest BCUT2D eigenvalue weighted by molar-refractivity contribution is 5.40. The highest BCUT2D eigenvalue weighted by atomic mass is 19.1. The highest BCUT2D eigenvalue weighted by Crippen LogP contribution is 2.30. The second-order valence-corrected chi connectivity index (χ2v) is 4.54. The number of methoxy groups -OCH3 is 1. The minimum absolute atomic E-state index is 0.401. The minimum Gasteiger partial charge on any atom is -0.457 e. The molecule has 0 amide bonds. The molecule has 106 valence electrons. The maximum Gasteiger partial charge on any atom is 0.133 e. The second kappa shape index (κ2) is 6.50. The molecule has 1 atom stereocenters. The molecule has 0 aliphatic carbocycles. The molecule has 0 fully saturated rings. The normalized spacial score (nSPS) is 12.2. The number of hydrogen-bond donors (Lipinski definition) is 1. The van der Waals surface area contributed by atoms with Gasteiger partial charge < -0.3 is 14.6 Å². The van der Waals surface area contributed by atoms with Gasteiger partial charge in [0.1, 0.15) is 17.3 Å². The van der Waals surface area contributed by atoms with E-state index in [1.807, 2.05) is 18.2 Å². The van der Waals surface area contributed by atoms with Crippen LogP contribution < -0.4 is 4.74 Å². The van der Waals surface area contributed by atoms with Gasteiger partial charge in [-0.05, 0) is 42.8 Å². The Bertz CT molecular complexity index is 582. The Kier molecular flexibility index (Phi) is 4.71. The van der Waals surface area contributed by atoms with E-state index in [4.69, 9.17) is 9.47 Å². The Morgan fingerprint density at radius 1 is 1.20 bits per heavy atom. The molecular weight excluding hydrogens is 259 g/mol. The Balaban J connectivity index is 2.27. The van der Waals surface area contributed by atoms with Crippen molar-refractivity contribution in [1.29, 1.82) is 0 Å². The predicted molar refractivity (Wildman–Crippen MR) is 74.3 cm³/mol. The van der Waals surface area contributed by atoms with Gasteiger partial charge in [-0.25, -0.2) is 4.39 Å². The number of benzene rings is 2. The molecule has 1 N–H and O–H groups in total. The molecule has 0 saturated heterocycles. The van der Waals surface area contributed by atoms with Crippen molar-refractivity contribution in [2.24, 2.45) is 0 Å². The van der Waals surface area contributed by atoms with Crippen molar-refractivity contribution in [3.8, 4) is 11.5 Å². The average molecular weight is 276 g/mol. The molecule has 0 aliphatic rings. The van der Waals surface area contributed by atoms with Gasteiger partial charge in [-0.1, -0.05) is 12.1 Å². The van der Waals surface area contributed by atoms with E-state index < -0.39 is 11.9 Å². The lowest BCUT2D eigenvalue weighted by Crippen LogP contribution is -1.97. The Hall–Kier alpha value is -1.91. The van der Waals surface area contributed by atoms with Crippen molar-refractivity contribution < 1.29 is 19.0 Å². The first-order valence-electron chi connectivity index (χ1n) is 6.33. The summed E-state index contributed by atoms with van der Waals surface area (Å²) in [6.45, 7) is 2.06. The van der Waals surface area contributed by atoms with E-state index in [1.54, 1.807) is 20.1 Å². The van der Waals surface area contributed by atoms with E-state index in [1.165, 1.54) is 18.2 Å². The van der Waals surface area contributed by atoms with Crippen LogP contribution in [0.5, 0.6) is 11.5 Å². The SMILES string of the molecule is COCc1cccc(Oc2ccc(F)cc2[C@H](C)O)c1. The van der Waals surface area contributed by atoms with Crippen LogP contribution in [0.3, 0.4) is 0 Å².